The van der Waals surface area contributed by atoms with Gasteiger partial charge in [-0.2, -0.15) is 0 Å². The van der Waals surface area contributed by atoms with Crippen LogP contribution in [0.15, 0.2) is 0 Å². The van der Waals surface area contributed by atoms with Crippen LogP contribution in [0.1, 0.15) is 46.5 Å². The van der Waals surface area contributed by atoms with Gasteiger partial charge in [0.1, 0.15) is 5.92 Å². The normalized spacial score (nSPS) is 32.3. The van der Waals surface area contributed by atoms with Gasteiger partial charge < -0.3 is 9.64 Å². The largest absolute Gasteiger partial charge is 0.468 e. The number of amides is 1. The first-order chi connectivity index (χ1) is 8.38. The molecule has 0 bridgehead atoms. The Hall–Kier alpha value is -1.06. The molecule has 0 aromatic heterocycles. The zero-order valence-electron chi connectivity index (χ0n) is 11.7. The number of hydrogen-bond donors (Lipinski definition) is 0. The lowest BCUT2D eigenvalue weighted by Gasteiger charge is -2.40. The van der Waals surface area contributed by atoms with Gasteiger partial charge in [-0.3, -0.25) is 9.59 Å². The summed E-state index contributed by atoms with van der Waals surface area (Å²) in [5.74, 6) is -0.813. The van der Waals surface area contributed by atoms with E-state index in [2.05, 4.69) is 0 Å². The zero-order valence-corrected chi connectivity index (χ0v) is 11.7. The maximum Gasteiger partial charge on any atom is 0.318 e. The first kappa shape index (κ1) is 13.4. The minimum atomic E-state index is -0.570. The summed E-state index contributed by atoms with van der Waals surface area (Å²) in [6.07, 6.45) is 4.23. The Bertz CT molecular complexity index is 359. The Morgan fingerprint density at radius 3 is 2.44 bits per heavy atom. The van der Waals surface area contributed by atoms with E-state index in [0.29, 0.717) is 0 Å². The van der Waals surface area contributed by atoms with Crippen LogP contribution in [0.3, 0.4) is 0 Å². The topological polar surface area (TPSA) is 46.6 Å². The molecule has 102 valence electrons. The highest BCUT2D eigenvalue weighted by molar-refractivity contribution is 6.00. The quantitative estimate of drug-likeness (QED) is 0.530. The number of ether oxygens (including phenoxy) is 1. The fourth-order valence-corrected chi connectivity index (χ4v) is 3.58. The van der Waals surface area contributed by atoms with Crippen molar-refractivity contribution in [3.8, 4) is 0 Å². The molecule has 18 heavy (non-hydrogen) atoms. The molecule has 2 rings (SSSR count). The van der Waals surface area contributed by atoms with Crippen molar-refractivity contribution in [1.29, 1.82) is 0 Å². The summed E-state index contributed by atoms with van der Waals surface area (Å²) in [4.78, 5) is 26.4. The zero-order chi connectivity index (χ0) is 13.5. The van der Waals surface area contributed by atoms with Crippen LogP contribution in [0, 0.1) is 11.8 Å². The van der Waals surface area contributed by atoms with Crippen LogP contribution in [0.2, 0.25) is 0 Å². The second kappa shape index (κ2) is 4.56. The maximum absolute atomic E-state index is 12.5. The first-order valence-electron chi connectivity index (χ1n) is 6.79. The number of carbonyl (C=O) groups excluding carboxylic acids is 2. The fourth-order valence-electron chi connectivity index (χ4n) is 3.58. The first-order valence-corrected chi connectivity index (χ1v) is 6.79. The summed E-state index contributed by atoms with van der Waals surface area (Å²) in [5.41, 5.74) is -0.222. The molecule has 2 fully saturated rings. The number of hydrogen-bond acceptors (Lipinski definition) is 3. The van der Waals surface area contributed by atoms with E-state index in [-0.39, 0.29) is 29.4 Å². The highest BCUT2D eigenvalue weighted by Gasteiger charge is 2.55. The van der Waals surface area contributed by atoms with Crippen LogP contribution in [0.5, 0.6) is 0 Å². The number of esters is 1. The van der Waals surface area contributed by atoms with Crippen molar-refractivity contribution < 1.29 is 14.3 Å². The standard InChI is InChI=1S/C14H23NO3/c1-14(2,3)15-10-8-6-5-7-9(10)11(12(15)16)13(17)18-4/h9-11H,5-8H2,1-4H3/t9-,10+,11+/m1/s1. The molecule has 0 N–H and O–H groups in total. The predicted molar refractivity (Wildman–Crippen MR) is 67.9 cm³/mol. The Labute approximate surface area is 109 Å². The van der Waals surface area contributed by atoms with E-state index in [1.165, 1.54) is 7.11 Å². The monoisotopic (exact) mass is 253 g/mol. The molecular formula is C14H23NO3. The van der Waals surface area contributed by atoms with Gasteiger partial charge in [0.25, 0.3) is 0 Å². The van der Waals surface area contributed by atoms with E-state index in [1.54, 1.807) is 0 Å². The van der Waals surface area contributed by atoms with Crippen LogP contribution in [0.25, 0.3) is 0 Å². The van der Waals surface area contributed by atoms with Crippen molar-refractivity contribution in [1.82, 2.24) is 4.90 Å². The molecule has 1 saturated heterocycles. The molecule has 1 saturated carbocycles. The lowest BCUT2D eigenvalue weighted by molar-refractivity contribution is -0.152. The van der Waals surface area contributed by atoms with Crippen molar-refractivity contribution in [2.24, 2.45) is 11.8 Å². The molecule has 0 spiro atoms. The molecule has 0 radical (unpaired) electrons. The summed E-state index contributed by atoms with van der Waals surface area (Å²) < 4.78 is 4.83. The van der Waals surface area contributed by atoms with Crippen LogP contribution in [0.4, 0.5) is 0 Å². The predicted octanol–water partition coefficient (Wildman–Crippen LogP) is 1.98. The number of nitrogens with zero attached hydrogens (tertiary/aromatic N) is 1. The second-order valence-corrected chi connectivity index (χ2v) is 6.40. The van der Waals surface area contributed by atoms with Crippen molar-refractivity contribution in [2.45, 2.75) is 58.0 Å². The molecule has 1 aliphatic carbocycles. The molecule has 1 heterocycles. The van der Waals surface area contributed by atoms with Crippen molar-refractivity contribution in [2.75, 3.05) is 7.11 Å². The molecule has 4 nitrogen and oxygen atoms in total. The van der Waals surface area contributed by atoms with Gasteiger partial charge in [-0.1, -0.05) is 12.8 Å². The molecule has 0 aromatic rings. The molecule has 1 aliphatic heterocycles. The minimum absolute atomic E-state index is 0.0359. The summed E-state index contributed by atoms with van der Waals surface area (Å²) in [5, 5.41) is 0. The summed E-state index contributed by atoms with van der Waals surface area (Å²) >= 11 is 0. The highest BCUT2D eigenvalue weighted by Crippen LogP contribution is 2.44. The Morgan fingerprint density at radius 2 is 1.89 bits per heavy atom. The van der Waals surface area contributed by atoms with E-state index >= 15 is 0 Å². The lowest BCUT2D eigenvalue weighted by Crippen LogP contribution is -2.49. The average molecular weight is 253 g/mol. The third kappa shape index (κ3) is 2.02. The van der Waals surface area contributed by atoms with E-state index < -0.39 is 5.92 Å². The van der Waals surface area contributed by atoms with Crippen molar-refractivity contribution >= 4 is 11.9 Å². The molecule has 0 unspecified atom stereocenters. The van der Waals surface area contributed by atoms with Gasteiger partial charge in [-0.25, -0.2) is 0 Å². The summed E-state index contributed by atoms with van der Waals surface area (Å²) in [6, 6.07) is 0.218. The SMILES string of the molecule is COC(=O)[C@@H]1C(=O)N(C(C)(C)C)[C@H]2CCCC[C@@H]12. The third-order valence-electron chi connectivity index (χ3n) is 4.22. The van der Waals surface area contributed by atoms with Gasteiger partial charge in [0.15, 0.2) is 0 Å². The van der Waals surface area contributed by atoms with E-state index in [9.17, 15) is 9.59 Å². The highest BCUT2D eigenvalue weighted by atomic mass is 16.5. The lowest BCUT2D eigenvalue weighted by atomic mass is 9.79. The summed E-state index contributed by atoms with van der Waals surface area (Å²) in [7, 11) is 1.37. The molecular weight excluding hydrogens is 230 g/mol. The average Bonchev–Trinajstić information content (AvgIpc) is 2.59. The van der Waals surface area contributed by atoms with Gasteiger partial charge in [-0.15, -0.1) is 0 Å². The van der Waals surface area contributed by atoms with Crippen molar-refractivity contribution in [3.05, 3.63) is 0 Å². The smallest absolute Gasteiger partial charge is 0.318 e. The Morgan fingerprint density at radius 1 is 1.28 bits per heavy atom. The van der Waals surface area contributed by atoms with Crippen molar-refractivity contribution in [3.63, 3.8) is 0 Å². The number of fused-ring (bicyclic) bond motifs is 1. The van der Waals surface area contributed by atoms with Crippen LogP contribution in [-0.4, -0.2) is 35.5 Å². The maximum atomic E-state index is 12.5. The van der Waals surface area contributed by atoms with Gasteiger partial charge in [0.05, 0.1) is 7.11 Å². The third-order valence-corrected chi connectivity index (χ3v) is 4.22. The molecule has 1 amide bonds. The van der Waals surface area contributed by atoms with E-state index in [4.69, 9.17) is 4.74 Å². The van der Waals surface area contributed by atoms with Crippen LogP contribution in [-0.2, 0) is 14.3 Å². The molecule has 3 atom stereocenters. The van der Waals surface area contributed by atoms with Gasteiger partial charge in [0.2, 0.25) is 5.91 Å². The van der Waals surface area contributed by atoms with E-state index in [1.807, 2.05) is 25.7 Å². The van der Waals surface area contributed by atoms with Crippen LogP contribution < -0.4 is 0 Å². The Balaban J connectivity index is 2.34. The second-order valence-electron chi connectivity index (χ2n) is 6.40. The number of likely N-dealkylation sites (tertiary alicyclic amines) is 1. The van der Waals surface area contributed by atoms with Gasteiger partial charge in [-0.05, 0) is 33.6 Å². The van der Waals surface area contributed by atoms with E-state index in [0.717, 1.165) is 25.7 Å². The fraction of sp³-hybridized carbons (Fsp3) is 0.857. The van der Waals surface area contributed by atoms with Gasteiger partial charge in [0, 0.05) is 17.5 Å². The number of methoxy groups -OCH3 is 1. The molecule has 2 aliphatic rings. The number of rotatable bonds is 1. The molecule has 4 heteroatoms. The summed E-state index contributed by atoms with van der Waals surface area (Å²) in [6.45, 7) is 6.11. The van der Waals surface area contributed by atoms with Crippen LogP contribution >= 0.6 is 0 Å². The molecule has 0 aromatic carbocycles. The van der Waals surface area contributed by atoms with Gasteiger partial charge >= 0.3 is 5.97 Å². The minimum Gasteiger partial charge on any atom is -0.468 e. The Kier molecular flexibility index (Phi) is 3.39. The number of carbonyl (C=O) groups is 2.